The van der Waals surface area contributed by atoms with Gasteiger partial charge in [0.25, 0.3) is 23.4 Å². The number of carbonyl (C=O) groups excluding carboxylic acids is 4. The first-order valence-corrected chi connectivity index (χ1v) is 9.49. The summed E-state index contributed by atoms with van der Waals surface area (Å²) in [5.74, 6) is -4.07. The van der Waals surface area contributed by atoms with Crippen molar-refractivity contribution in [3.8, 4) is 5.75 Å². The first kappa shape index (κ1) is 23.3. The van der Waals surface area contributed by atoms with Crippen molar-refractivity contribution in [3.63, 3.8) is 0 Å². The first-order chi connectivity index (χ1) is 15.6. The smallest absolute Gasteiger partial charge is 0.326 e. The molecule has 1 heterocycles. The highest BCUT2D eigenvalue weighted by Gasteiger charge is 2.42. The van der Waals surface area contributed by atoms with Gasteiger partial charge in [0.1, 0.15) is 12.1 Å². The molecule has 2 aromatic carbocycles. The van der Waals surface area contributed by atoms with Gasteiger partial charge < -0.3 is 14.4 Å². The molecule has 0 bridgehead atoms. The standard InChI is InChI=1S/C21H18FN3O8/c1-23(9-12-6-7-16(32-2)14(22)8-12)17(26)11-33-18(27)10-24-20(28)13-4-3-5-15(25(30)31)19(13)21(24)29/h3-8H,9-11H2,1-2H3. The van der Waals surface area contributed by atoms with E-state index in [4.69, 9.17) is 9.47 Å². The Bertz CT molecular complexity index is 1170. The van der Waals surface area contributed by atoms with Gasteiger partial charge in [0, 0.05) is 19.7 Å². The first-order valence-electron chi connectivity index (χ1n) is 9.49. The maximum Gasteiger partial charge on any atom is 0.326 e. The number of nitro benzene ring substituents is 1. The highest BCUT2D eigenvalue weighted by Crippen LogP contribution is 2.30. The number of esters is 1. The number of imide groups is 1. The molecule has 11 nitrogen and oxygen atoms in total. The van der Waals surface area contributed by atoms with Crippen LogP contribution < -0.4 is 4.74 Å². The zero-order valence-corrected chi connectivity index (χ0v) is 17.6. The van der Waals surface area contributed by atoms with Gasteiger partial charge in [-0.2, -0.15) is 0 Å². The molecule has 0 N–H and O–H groups in total. The minimum atomic E-state index is -1.05. The summed E-state index contributed by atoms with van der Waals surface area (Å²) >= 11 is 0. The molecule has 3 rings (SSSR count). The topological polar surface area (TPSA) is 136 Å². The van der Waals surface area contributed by atoms with E-state index >= 15 is 0 Å². The molecular formula is C21H18FN3O8. The maximum atomic E-state index is 13.8. The summed E-state index contributed by atoms with van der Waals surface area (Å²) in [6, 6.07) is 7.77. The van der Waals surface area contributed by atoms with Gasteiger partial charge in [-0.1, -0.05) is 12.1 Å². The van der Waals surface area contributed by atoms with E-state index < -0.39 is 58.8 Å². The molecule has 0 atom stereocenters. The normalized spacial score (nSPS) is 12.4. The SMILES string of the molecule is COc1ccc(CN(C)C(=O)COC(=O)CN2C(=O)c3cccc([N+](=O)[O-])c3C2=O)cc1F. The minimum Gasteiger partial charge on any atom is -0.494 e. The summed E-state index contributed by atoms with van der Waals surface area (Å²) in [7, 11) is 2.74. The predicted octanol–water partition coefficient (Wildman–Crippen LogP) is 1.54. The number of methoxy groups -OCH3 is 1. The van der Waals surface area contributed by atoms with E-state index in [-0.39, 0.29) is 17.9 Å². The second-order valence-electron chi connectivity index (χ2n) is 7.03. The largest absolute Gasteiger partial charge is 0.494 e. The van der Waals surface area contributed by atoms with Gasteiger partial charge >= 0.3 is 5.97 Å². The fourth-order valence-corrected chi connectivity index (χ4v) is 3.21. The lowest BCUT2D eigenvalue weighted by Crippen LogP contribution is -2.37. The Balaban J connectivity index is 1.57. The van der Waals surface area contributed by atoms with Crippen molar-refractivity contribution in [1.82, 2.24) is 9.80 Å². The highest BCUT2D eigenvalue weighted by molar-refractivity contribution is 6.24. The molecule has 0 aromatic heterocycles. The zero-order chi connectivity index (χ0) is 24.3. The van der Waals surface area contributed by atoms with E-state index in [1.54, 1.807) is 6.07 Å². The molecular weight excluding hydrogens is 441 g/mol. The highest BCUT2D eigenvalue weighted by atomic mass is 19.1. The predicted molar refractivity (Wildman–Crippen MR) is 109 cm³/mol. The van der Waals surface area contributed by atoms with Crippen molar-refractivity contribution < 1.29 is 38.0 Å². The molecule has 2 aromatic rings. The Morgan fingerprint density at radius 3 is 2.55 bits per heavy atom. The Hall–Kier alpha value is -4.35. The van der Waals surface area contributed by atoms with Crippen LogP contribution in [0.5, 0.6) is 5.75 Å². The van der Waals surface area contributed by atoms with Gasteiger partial charge in [0.15, 0.2) is 18.2 Å². The third kappa shape index (κ3) is 4.79. The molecule has 3 amide bonds. The van der Waals surface area contributed by atoms with Crippen LogP contribution in [-0.2, 0) is 20.9 Å². The Morgan fingerprint density at radius 2 is 1.91 bits per heavy atom. The van der Waals surface area contributed by atoms with Gasteiger partial charge in [-0.3, -0.25) is 34.2 Å². The lowest BCUT2D eigenvalue weighted by atomic mass is 10.1. The number of halogens is 1. The monoisotopic (exact) mass is 459 g/mol. The summed E-state index contributed by atoms with van der Waals surface area (Å²) in [5, 5.41) is 11.1. The molecule has 0 radical (unpaired) electrons. The third-order valence-corrected chi connectivity index (χ3v) is 4.88. The lowest BCUT2D eigenvalue weighted by molar-refractivity contribution is -0.385. The van der Waals surface area contributed by atoms with Crippen molar-refractivity contribution in [3.05, 3.63) is 69.0 Å². The van der Waals surface area contributed by atoms with E-state index in [2.05, 4.69) is 0 Å². The number of nitro groups is 1. The van der Waals surface area contributed by atoms with Crippen molar-refractivity contribution in [2.45, 2.75) is 6.54 Å². The van der Waals surface area contributed by atoms with Crippen LogP contribution in [0.25, 0.3) is 0 Å². The average molecular weight is 459 g/mol. The summed E-state index contributed by atoms with van der Waals surface area (Å²) in [6.45, 7) is -1.47. The maximum absolute atomic E-state index is 13.8. The number of likely N-dealkylation sites (N-methyl/N-ethyl adjacent to an activating group) is 1. The Labute approximate surface area is 186 Å². The number of carbonyl (C=O) groups is 4. The minimum absolute atomic E-state index is 0.0272. The summed E-state index contributed by atoms with van der Waals surface area (Å²) in [6.07, 6.45) is 0. The molecule has 12 heteroatoms. The quantitative estimate of drug-likeness (QED) is 0.251. The number of ether oxygens (including phenoxy) is 2. The number of rotatable bonds is 8. The molecule has 0 aliphatic carbocycles. The van der Waals surface area contributed by atoms with Crippen LogP contribution in [0.4, 0.5) is 10.1 Å². The molecule has 0 saturated carbocycles. The van der Waals surface area contributed by atoms with E-state index in [0.717, 1.165) is 6.07 Å². The van der Waals surface area contributed by atoms with Gasteiger partial charge in [0.2, 0.25) is 0 Å². The molecule has 1 aliphatic heterocycles. The Morgan fingerprint density at radius 1 is 1.18 bits per heavy atom. The number of hydrogen-bond acceptors (Lipinski definition) is 8. The summed E-state index contributed by atoms with van der Waals surface area (Å²) in [4.78, 5) is 61.3. The number of benzene rings is 2. The second kappa shape index (κ2) is 9.42. The zero-order valence-electron chi connectivity index (χ0n) is 17.6. The molecule has 0 spiro atoms. The average Bonchev–Trinajstić information content (AvgIpc) is 3.02. The number of amides is 3. The van der Waals surface area contributed by atoms with Gasteiger partial charge in [-0.25, -0.2) is 4.39 Å². The van der Waals surface area contributed by atoms with Crippen molar-refractivity contribution >= 4 is 29.4 Å². The van der Waals surface area contributed by atoms with Gasteiger partial charge in [0.05, 0.1) is 17.6 Å². The van der Waals surface area contributed by atoms with E-state index in [1.807, 2.05) is 0 Å². The van der Waals surface area contributed by atoms with Crippen LogP contribution >= 0.6 is 0 Å². The van der Waals surface area contributed by atoms with Crippen LogP contribution in [0.3, 0.4) is 0 Å². The van der Waals surface area contributed by atoms with Crippen LogP contribution in [-0.4, -0.2) is 65.7 Å². The second-order valence-corrected chi connectivity index (χ2v) is 7.03. The van der Waals surface area contributed by atoms with Crippen LogP contribution in [0.2, 0.25) is 0 Å². The number of hydrogen-bond donors (Lipinski definition) is 0. The van der Waals surface area contributed by atoms with Crippen LogP contribution in [0, 0.1) is 15.9 Å². The Kier molecular flexibility index (Phi) is 6.66. The molecule has 1 aliphatic rings. The molecule has 172 valence electrons. The van der Waals surface area contributed by atoms with E-state index in [1.165, 1.54) is 43.3 Å². The third-order valence-electron chi connectivity index (χ3n) is 4.88. The lowest BCUT2D eigenvalue weighted by Gasteiger charge is -2.18. The van der Waals surface area contributed by atoms with Gasteiger partial charge in [-0.15, -0.1) is 0 Å². The summed E-state index contributed by atoms with van der Waals surface area (Å²) < 4.78 is 23.5. The number of nitrogens with zero attached hydrogens (tertiary/aromatic N) is 3. The van der Waals surface area contributed by atoms with E-state index in [0.29, 0.717) is 10.5 Å². The van der Waals surface area contributed by atoms with Crippen molar-refractivity contribution in [1.29, 1.82) is 0 Å². The van der Waals surface area contributed by atoms with Crippen molar-refractivity contribution in [2.24, 2.45) is 0 Å². The molecule has 0 unspecified atom stereocenters. The molecule has 0 saturated heterocycles. The fourth-order valence-electron chi connectivity index (χ4n) is 3.21. The van der Waals surface area contributed by atoms with Crippen molar-refractivity contribution in [2.75, 3.05) is 27.3 Å². The van der Waals surface area contributed by atoms with Gasteiger partial charge in [-0.05, 0) is 23.8 Å². The van der Waals surface area contributed by atoms with Crippen LogP contribution in [0.1, 0.15) is 26.3 Å². The van der Waals surface area contributed by atoms with Crippen LogP contribution in [0.15, 0.2) is 36.4 Å². The van der Waals surface area contributed by atoms with E-state index in [9.17, 15) is 33.7 Å². The fraction of sp³-hybridized carbons (Fsp3) is 0.238. The summed E-state index contributed by atoms with van der Waals surface area (Å²) in [5.41, 5.74) is -0.663. The number of fused-ring (bicyclic) bond motifs is 1. The molecule has 33 heavy (non-hydrogen) atoms. The molecule has 0 fully saturated rings.